The third-order valence-electron chi connectivity index (χ3n) is 2.90. The van der Waals surface area contributed by atoms with Gasteiger partial charge in [0.2, 0.25) is 0 Å². The van der Waals surface area contributed by atoms with E-state index in [1.165, 1.54) is 13.2 Å². The summed E-state index contributed by atoms with van der Waals surface area (Å²) in [5, 5.41) is 11.7. The van der Waals surface area contributed by atoms with Gasteiger partial charge in [0.05, 0.1) is 17.7 Å². The number of carbonyl (C=O) groups excluding carboxylic acids is 2. The van der Waals surface area contributed by atoms with E-state index in [2.05, 4.69) is 10.1 Å². The number of methoxy groups -OCH3 is 1. The molecule has 1 amide bonds. The maximum absolute atomic E-state index is 12.1. The average molecular weight is 314 g/mol. The summed E-state index contributed by atoms with van der Waals surface area (Å²) in [6.07, 6.45) is -0.160. The van der Waals surface area contributed by atoms with Crippen molar-refractivity contribution in [2.24, 2.45) is 0 Å². The number of carboxylic acids is 1. The molecule has 0 spiro atoms. The van der Waals surface area contributed by atoms with Crippen molar-refractivity contribution in [3.05, 3.63) is 34.3 Å². The number of hydrogen-bond acceptors (Lipinski definition) is 4. The lowest BCUT2D eigenvalue weighted by molar-refractivity contribution is -0.142. The van der Waals surface area contributed by atoms with E-state index in [9.17, 15) is 14.4 Å². The summed E-state index contributed by atoms with van der Waals surface area (Å²) in [7, 11) is 1.21. The third kappa shape index (κ3) is 4.75. The molecule has 7 heteroatoms. The fourth-order valence-electron chi connectivity index (χ4n) is 1.68. The summed E-state index contributed by atoms with van der Waals surface area (Å²) in [5.74, 6) is -2.36. The van der Waals surface area contributed by atoms with Crippen LogP contribution < -0.4 is 5.32 Å². The normalized spacial score (nSPS) is 11.6. The van der Waals surface area contributed by atoms with Crippen LogP contribution >= 0.6 is 11.6 Å². The van der Waals surface area contributed by atoms with Gasteiger partial charge in [-0.05, 0) is 25.0 Å². The smallest absolute Gasteiger partial charge is 0.326 e. The summed E-state index contributed by atoms with van der Waals surface area (Å²) < 4.78 is 4.44. The highest BCUT2D eigenvalue weighted by Crippen LogP contribution is 2.20. The fourth-order valence-corrected chi connectivity index (χ4v) is 1.89. The molecule has 0 aliphatic heterocycles. The number of carboxylic acid groups (broad SMARTS) is 1. The molecular weight excluding hydrogens is 298 g/mol. The first kappa shape index (κ1) is 17.0. The molecule has 0 saturated heterocycles. The number of aryl methyl sites for hydroxylation is 1. The Morgan fingerprint density at radius 1 is 1.38 bits per heavy atom. The van der Waals surface area contributed by atoms with Crippen molar-refractivity contribution in [3.8, 4) is 0 Å². The number of amides is 1. The molecule has 1 atom stereocenters. The van der Waals surface area contributed by atoms with E-state index in [0.717, 1.165) is 0 Å². The molecule has 0 aliphatic rings. The van der Waals surface area contributed by atoms with Gasteiger partial charge < -0.3 is 15.2 Å². The van der Waals surface area contributed by atoms with Gasteiger partial charge in [0.15, 0.2) is 0 Å². The monoisotopic (exact) mass is 313 g/mol. The second kappa shape index (κ2) is 7.64. The van der Waals surface area contributed by atoms with Crippen molar-refractivity contribution >= 4 is 29.4 Å². The molecule has 1 aromatic carbocycles. The quantitative estimate of drug-likeness (QED) is 0.781. The van der Waals surface area contributed by atoms with E-state index in [0.29, 0.717) is 5.56 Å². The predicted octanol–water partition coefficient (Wildman–Crippen LogP) is 1.78. The van der Waals surface area contributed by atoms with E-state index < -0.39 is 23.9 Å². The van der Waals surface area contributed by atoms with Crippen LogP contribution in [-0.2, 0) is 14.3 Å². The van der Waals surface area contributed by atoms with Crippen molar-refractivity contribution < 1.29 is 24.2 Å². The van der Waals surface area contributed by atoms with Crippen LogP contribution in [0.3, 0.4) is 0 Å². The zero-order chi connectivity index (χ0) is 16.0. The molecule has 0 bridgehead atoms. The molecule has 1 rings (SSSR count). The first-order valence-corrected chi connectivity index (χ1v) is 6.60. The van der Waals surface area contributed by atoms with Crippen LogP contribution in [0.5, 0.6) is 0 Å². The Morgan fingerprint density at radius 2 is 2.05 bits per heavy atom. The van der Waals surface area contributed by atoms with Crippen molar-refractivity contribution in [3.63, 3.8) is 0 Å². The lowest BCUT2D eigenvalue weighted by atomic mass is 10.1. The number of hydrogen-bond donors (Lipinski definition) is 2. The van der Waals surface area contributed by atoms with E-state index in [1.807, 2.05) is 0 Å². The Kier molecular flexibility index (Phi) is 6.17. The molecule has 0 saturated carbocycles. The first-order chi connectivity index (χ1) is 9.86. The molecule has 0 heterocycles. The van der Waals surface area contributed by atoms with Gasteiger partial charge in [0, 0.05) is 6.42 Å². The molecule has 0 aromatic heterocycles. The topological polar surface area (TPSA) is 92.7 Å². The van der Waals surface area contributed by atoms with Crippen LogP contribution in [0.1, 0.15) is 28.8 Å². The van der Waals surface area contributed by atoms with E-state index >= 15 is 0 Å². The minimum Gasteiger partial charge on any atom is -0.480 e. The van der Waals surface area contributed by atoms with Crippen LogP contribution in [0.25, 0.3) is 0 Å². The highest BCUT2D eigenvalue weighted by Gasteiger charge is 2.23. The van der Waals surface area contributed by atoms with Crippen LogP contribution in [0.4, 0.5) is 0 Å². The molecular formula is C14H16ClNO5. The van der Waals surface area contributed by atoms with Gasteiger partial charge in [-0.15, -0.1) is 0 Å². The summed E-state index contributed by atoms with van der Waals surface area (Å²) in [6, 6.07) is 3.71. The molecule has 0 unspecified atom stereocenters. The van der Waals surface area contributed by atoms with Crippen molar-refractivity contribution in [2.45, 2.75) is 25.8 Å². The number of rotatable bonds is 6. The Morgan fingerprint density at radius 3 is 2.62 bits per heavy atom. The molecule has 114 valence electrons. The fraction of sp³-hybridized carbons (Fsp3) is 0.357. The molecule has 6 nitrogen and oxygen atoms in total. The lowest BCUT2D eigenvalue weighted by Crippen LogP contribution is -2.41. The van der Waals surface area contributed by atoms with Crippen LogP contribution in [0, 0.1) is 6.92 Å². The van der Waals surface area contributed by atoms with Crippen LogP contribution in [0.2, 0.25) is 5.02 Å². The Bertz CT molecular complexity index is 558. The second-order valence-electron chi connectivity index (χ2n) is 4.42. The summed E-state index contributed by atoms with van der Waals surface area (Å²) in [5.41, 5.74) is 0.909. The highest BCUT2D eigenvalue weighted by molar-refractivity contribution is 6.34. The number of esters is 1. The minimum absolute atomic E-state index is 0.0584. The predicted molar refractivity (Wildman–Crippen MR) is 76.3 cm³/mol. The molecule has 1 aromatic rings. The standard InChI is InChI=1S/C14H16ClNO5/c1-8-4-3-5-9(12(8)15)13(18)16-10(14(19)20)6-7-11(17)21-2/h3-5,10H,6-7H2,1-2H3,(H,16,18)(H,19,20)/t10-/m1/s1. The number of aliphatic carboxylic acids is 1. The number of carbonyl (C=O) groups is 3. The van der Waals surface area contributed by atoms with Gasteiger partial charge in [-0.3, -0.25) is 9.59 Å². The number of benzene rings is 1. The zero-order valence-corrected chi connectivity index (χ0v) is 12.4. The van der Waals surface area contributed by atoms with E-state index in [1.54, 1.807) is 19.1 Å². The second-order valence-corrected chi connectivity index (χ2v) is 4.79. The molecule has 2 N–H and O–H groups in total. The van der Waals surface area contributed by atoms with E-state index in [-0.39, 0.29) is 23.4 Å². The van der Waals surface area contributed by atoms with Crippen molar-refractivity contribution in [1.29, 1.82) is 0 Å². The van der Waals surface area contributed by atoms with Gasteiger partial charge >= 0.3 is 11.9 Å². The minimum atomic E-state index is -1.23. The summed E-state index contributed by atoms with van der Waals surface area (Å²) in [4.78, 5) is 34.2. The first-order valence-electron chi connectivity index (χ1n) is 6.22. The van der Waals surface area contributed by atoms with Gasteiger partial charge in [-0.25, -0.2) is 4.79 Å². The third-order valence-corrected chi connectivity index (χ3v) is 3.41. The number of halogens is 1. The van der Waals surface area contributed by atoms with Crippen LogP contribution in [-0.4, -0.2) is 36.1 Å². The molecule has 21 heavy (non-hydrogen) atoms. The zero-order valence-electron chi connectivity index (χ0n) is 11.7. The Labute approximate surface area is 127 Å². The van der Waals surface area contributed by atoms with Crippen molar-refractivity contribution in [2.75, 3.05) is 7.11 Å². The highest BCUT2D eigenvalue weighted by atomic mass is 35.5. The summed E-state index contributed by atoms with van der Waals surface area (Å²) >= 11 is 6.02. The maximum atomic E-state index is 12.1. The molecule has 0 fully saturated rings. The summed E-state index contributed by atoms with van der Waals surface area (Å²) in [6.45, 7) is 1.74. The SMILES string of the molecule is COC(=O)CC[C@@H](NC(=O)c1cccc(C)c1Cl)C(=O)O. The maximum Gasteiger partial charge on any atom is 0.326 e. The van der Waals surface area contributed by atoms with Crippen molar-refractivity contribution in [1.82, 2.24) is 5.32 Å². The number of ether oxygens (including phenoxy) is 1. The van der Waals surface area contributed by atoms with Gasteiger partial charge in [0.25, 0.3) is 5.91 Å². The van der Waals surface area contributed by atoms with E-state index in [4.69, 9.17) is 16.7 Å². The number of nitrogens with one attached hydrogen (secondary N) is 1. The molecule has 0 radical (unpaired) electrons. The lowest BCUT2D eigenvalue weighted by Gasteiger charge is -2.15. The average Bonchev–Trinajstić information content (AvgIpc) is 2.45. The van der Waals surface area contributed by atoms with Gasteiger partial charge in [0.1, 0.15) is 6.04 Å². The van der Waals surface area contributed by atoms with Gasteiger partial charge in [-0.1, -0.05) is 23.7 Å². The van der Waals surface area contributed by atoms with Crippen LogP contribution in [0.15, 0.2) is 18.2 Å². The Hall–Kier alpha value is -2.08. The Balaban J connectivity index is 2.79. The van der Waals surface area contributed by atoms with Gasteiger partial charge in [-0.2, -0.15) is 0 Å². The molecule has 0 aliphatic carbocycles. The largest absolute Gasteiger partial charge is 0.480 e.